The van der Waals surface area contributed by atoms with Crippen LogP contribution >= 0.6 is 11.3 Å². The summed E-state index contributed by atoms with van der Waals surface area (Å²) in [6.07, 6.45) is 13.8. The number of hydrogen-bond donors (Lipinski definition) is 2. The molecule has 0 aromatic carbocycles. The number of ether oxygens (including phenoxy) is 1. The summed E-state index contributed by atoms with van der Waals surface area (Å²) in [4.78, 5) is 31.1. The van der Waals surface area contributed by atoms with Gasteiger partial charge >= 0.3 is 0 Å². The minimum Gasteiger partial charge on any atom is -0.463 e. The standard InChI is InChI=1S/C24H25N3O4S/c1-15-5-2-3-6-17(15)13-18(14-25)23(29)27-24-26-20(19-7-4-10-31-19)22(32-24)21(28)16-8-11-30-12-9-16/h2-7,10,13-16H,8-9,11-12,25H2,1H3,(H,26,27,29)/b17-13-,18-14+. The fourth-order valence-corrected chi connectivity index (χ4v) is 4.63. The minimum atomic E-state index is -0.389. The molecule has 1 saturated heterocycles. The number of furan rings is 1. The Bertz CT molecular complexity index is 1100. The van der Waals surface area contributed by atoms with Gasteiger partial charge in [0.2, 0.25) is 0 Å². The summed E-state index contributed by atoms with van der Waals surface area (Å²) in [7, 11) is 0. The average molecular weight is 452 g/mol. The predicted octanol–water partition coefficient (Wildman–Crippen LogP) is 4.48. The van der Waals surface area contributed by atoms with Crippen LogP contribution in [-0.2, 0) is 9.53 Å². The molecule has 7 nitrogen and oxygen atoms in total. The van der Waals surface area contributed by atoms with Crippen molar-refractivity contribution in [1.82, 2.24) is 4.98 Å². The van der Waals surface area contributed by atoms with Crippen molar-refractivity contribution in [3.8, 4) is 11.5 Å². The van der Waals surface area contributed by atoms with Gasteiger partial charge in [0.25, 0.3) is 5.91 Å². The number of Topliss-reactive ketones (excluding diaryl/α,β-unsaturated/α-hetero) is 1. The van der Waals surface area contributed by atoms with Gasteiger partial charge < -0.3 is 14.9 Å². The zero-order valence-corrected chi connectivity index (χ0v) is 18.6. The van der Waals surface area contributed by atoms with Crippen molar-refractivity contribution < 1.29 is 18.7 Å². The van der Waals surface area contributed by atoms with Gasteiger partial charge in [-0.05, 0) is 42.5 Å². The van der Waals surface area contributed by atoms with Gasteiger partial charge in [-0.15, -0.1) is 0 Å². The van der Waals surface area contributed by atoms with Crippen molar-refractivity contribution in [2.24, 2.45) is 17.6 Å². The predicted molar refractivity (Wildman–Crippen MR) is 124 cm³/mol. The second kappa shape index (κ2) is 9.93. The summed E-state index contributed by atoms with van der Waals surface area (Å²) in [6, 6.07) is 3.49. The molecule has 2 aliphatic rings. The second-order valence-electron chi connectivity index (χ2n) is 7.68. The molecule has 4 rings (SSSR count). The highest BCUT2D eigenvalue weighted by Gasteiger charge is 2.29. The monoisotopic (exact) mass is 451 g/mol. The van der Waals surface area contributed by atoms with Gasteiger partial charge in [-0.1, -0.05) is 42.6 Å². The van der Waals surface area contributed by atoms with E-state index in [1.54, 1.807) is 18.2 Å². The number of nitrogens with zero attached hydrogens (tertiary/aromatic N) is 1. The Balaban J connectivity index is 1.59. The molecule has 2 aromatic rings. The van der Waals surface area contributed by atoms with Crippen molar-refractivity contribution in [3.63, 3.8) is 0 Å². The van der Waals surface area contributed by atoms with Gasteiger partial charge in [-0.2, -0.15) is 0 Å². The first-order chi connectivity index (χ1) is 15.6. The van der Waals surface area contributed by atoms with E-state index in [4.69, 9.17) is 14.9 Å². The number of rotatable bonds is 6. The van der Waals surface area contributed by atoms with Crippen LogP contribution in [0, 0.1) is 11.8 Å². The van der Waals surface area contributed by atoms with Crippen LogP contribution in [0.2, 0.25) is 0 Å². The zero-order valence-electron chi connectivity index (χ0n) is 17.7. The number of nitrogens with one attached hydrogen (secondary N) is 1. The lowest BCUT2D eigenvalue weighted by atomic mass is 9.94. The van der Waals surface area contributed by atoms with Crippen molar-refractivity contribution in [1.29, 1.82) is 0 Å². The van der Waals surface area contributed by atoms with E-state index in [1.165, 1.54) is 12.5 Å². The summed E-state index contributed by atoms with van der Waals surface area (Å²) >= 11 is 1.16. The molecule has 2 aromatic heterocycles. The Labute approximate surface area is 190 Å². The Hall–Kier alpha value is -3.23. The maximum Gasteiger partial charge on any atom is 0.258 e. The molecule has 1 fully saturated rings. The van der Waals surface area contributed by atoms with Crippen LogP contribution in [0.1, 0.15) is 29.4 Å². The van der Waals surface area contributed by atoms with E-state index in [0.29, 0.717) is 53.1 Å². The largest absolute Gasteiger partial charge is 0.463 e. The quantitative estimate of drug-likeness (QED) is 0.495. The number of carbonyl (C=O) groups excluding carboxylic acids is 2. The van der Waals surface area contributed by atoms with Gasteiger partial charge in [-0.3, -0.25) is 14.9 Å². The van der Waals surface area contributed by atoms with E-state index in [-0.39, 0.29) is 23.5 Å². The van der Waals surface area contributed by atoms with E-state index >= 15 is 0 Å². The SMILES string of the molecule is CC1C=CC=C/C1=C/C(=C\N)C(=O)Nc1nc(-c2ccco2)c(C(=O)C2CCOCC2)s1. The summed E-state index contributed by atoms with van der Waals surface area (Å²) in [5.41, 5.74) is 7.48. The number of hydrogen-bond acceptors (Lipinski definition) is 7. The van der Waals surface area contributed by atoms with Crippen LogP contribution in [0.3, 0.4) is 0 Å². The number of anilines is 1. The average Bonchev–Trinajstić information content (AvgIpc) is 3.48. The van der Waals surface area contributed by atoms with Crippen LogP contribution in [0.25, 0.3) is 11.5 Å². The van der Waals surface area contributed by atoms with E-state index in [9.17, 15) is 9.59 Å². The number of amides is 1. The Morgan fingerprint density at radius 2 is 2.09 bits per heavy atom. The summed E-state index contributed by atoms with van der Waals surface area (Å²) in [5, 5.41) is 3.11. The molecule has 1 aliphatic carbocycles. The van der Waals surface area contributed by atoms with E-state index in [2.05, 4.69) is 10.3 Å². The summed E-state index contributed by atoms with van der Waals surface area (Å²) in [5.74, 6) is 0.152. The highest BCUT2D eigenvalue weighted by Crippen LogP contribution is 2.35. The van der Waals surface area contributed by atoms with Gasteiger partial charge in [0.15, 0.2) is 16.7 Å². The minimum absolute atomic E-state index is 0.00219. The first-order valence-corrected chi connectivity index (χ1v) is 11.3. The molecule has 1 atom stereocenters. The third-order valence-corrected chi connectivity index (χ3v) is 6.49. The highest BCUT2D eigenvalue weighted by molar-refractivity contribution is 7.18. The maximum absolute atomic E-state index is 13.2. The molecule has 1 unspecified atom stereocenters. The molecule has 3 heterocycles. The molecular weight excluding hydrogens is 426 g/mol. The molecular formula is C24H25N3O4S. The molecule has 166 valence electrons. The van der Waals surface area contributed by atoms with Crippen molar-refractivity contribution in [2.75, 3.05) is 18.5 Å². The third-order valence-electron chi connectivity index (χ3n) is 5.51. The van der Waals surface area contributed by atoms with Crippen LogP contribution in [0.4, 0.5) is 5.13 Å². The van der Waals surface area contributed by atoms with Crippen molar-refractivity contribution in [3.05, 3.63) is 71.0 Å². The smallest absolute Gasteiger partial charge is 0.258 e. The van der Waals surface area contributed by atoms with E-state index in [1.807, 2.05) is 31.2 Å². The zero-order chi connectivity index (χ0) is 22.5. The molecule has 1 amide bonds. The van der Waals surface area contributed by atoms with Gasteiger partial charge in [0.05, 0.1) is 11.8 Å². The lowest BCUT2D eigenvalue weighted by molar-refractivity contribution is -0.112. The fraction of sp³-hybridized carbons (Fsp3) is 0.292. The number of thiazole rings is 1. The topological polar surface area (TPSA) is 107 Å². The molecule has 0 bridgehead atoms. The van der Waals surface area contributed by atoms with E-state index < -0.39 is 0 Å². The highest BCUT2D eigenvalue weighted by atomic mass is 32.1. The third kappa shape index (κ3) is 4.81. The van der Waals surface area contributed by atoms with Gasteiger partial charge in [-0.25, -0.2) is 4.98 Å². The maximum atomic E-state index is 13.2. The fourth-order valence-electron chi connectivity index (χ4n) is 3.64. The molecule has 8 heteroatoms. The van der Waals surface area contributed by atoms with E-state index in [0.717, 1.165) is 16.9 Å². The Kier molecular flexibility index (Phi) is 6.82. The lowest BCUT2D eigenvalue weighted by Crippen LogP contribution is -2.23. The number of allylic oxidation sites excluding steroid dienone is 5. The van der Waals surface area contributed by atoms with Crippen molar-refractivity contribution >= 4 is 28.2 Å². The molecule has 0 radical (unpaired) electrons. The Morgan fingerprint density at radius 1 is 1.28 bits per heavy atom. The van der Waals surface area contributed by atoms with Crippen LogP contribution < -0.4 is 11.1 Å². The first kappa shape index (κ1) is 22.0. The molecule has 3 N–H and O–H groups in total. The summed E-state index contributed by atoms with van der Waals surface area (Å²) < 4.78 is 10.9. The number of aromatic nitrogens is 1. The number of ketones is 1. The van der Waals surface area contributed by atoms with Crippen LogP contribution in [-0.4, -0.2) is 29.9 Å². The first-order valence-electron chi connectivity index (χ1n) is 10.5. The van der Waals surface area contributed by atoms with Crippen LogP contribution in [0.5, 0.6) is 0 Å². The van der Waals surface area contributed by atoms with Crippen LogP contribution in [0.15, 0.2) is 70.5 Å². The van der Waals surface area contributed by atoms with Crippen molar-refractivity contribution in [2.45, 2.75) is 19.8 Å². The molecule has 32 heavy (non-hydrogen) atoms. The summed E-state index contributed by atoms with van der Waals surface area (Å²) in [6.45, 7) is 3.18. The second-order valence-corrected chi connectivity index (χ2v) is 8.68. The molecule has 0 saturated carbocycles. The molecule has 1 aliphatic heterocycles. The molecule has 0 spiro atoms. The van der Waals surface area contributed by atoms with Gasteiger partial charge in [0.1, 0.15) is 10.6 Å². The number of carbonyl (C=O) groups is 2. The normalized spacial score (nSPS) is 20.6. The number of nitrogens with two attached hydrogens (primary N) is 1. The Morgan fingerprint density at radius 3 is 2.78 bits per heavy atom. The van der Waals surface area contributed by atoms with Gasteiger partial charge in [0, 0.05) is 25.3 Å². The lowest BCUT2D eigenvalue weighted by Gasteiger charge is -2.20.